The monoisotopic (exact) mass is 471 g/mol. The van der Waals surface area contributed by atoms with Crippen LogP contribution in [0.3, 0.4) is 0 Å². The maximum atomic E-state index is 14.7. The van der Waals surface area contributed by atoms with E-state index in [-0.39, 0.29) is 33.3 Å². The number of methoxy groups -OCH3 is 1. The van der Waals surface area contributed by atoms with Crippen LogP contribution in [0.5, 0.6) is 11.5 Å². The molecular weight excluding hydrogens is 456 g/mol. The molecule has 1 unspecified atom stereocenters. The molecular formula is C24H16ClF2NO5. The highest BCUT2D eigenvalue weighted by Gasteiger charge is 2.47. The molecule has 0 radical (unpaired) electrons. The van der Waals surface area contributed by atoms with Crippen LogP contribution in [0.25, 0.3) is 5.76 Å². The summed E-state index contributed by atoms with van der Waals surface area (Å²) in [6, 6.07) is 11.1. The number of hydrogen-bond acceptors (Lipinski definition) is 5. The Hall–Kier alpha value is -3.91. The van der Waals surface area contributed by atoms with E-state index in [2.05, 4.69) is 0 Å². The van der Waals surface area contributed by atoms with Crippen molar-refractivity contribution >= 4 is 34.7 Å². The van der Waals surface area contributed by atoms with Gasteiger partial charge in [-0.15, -0.1) is 0 Å². The minimum atomic E-state index is -1.26. The largest absolute Gasteiger partial charge is 0.508 e. The Bertz CT molecular complexity index is 1310. The van der Waals surface area contributed by atoms with Crippen LogP contribution in [-0.4, -0.2) is 29.0 Å². The lowest BCUT2D eigenvalue weighted by Gasteiger charge is -2.25. The van der Waals surface area contributed by atoms with Crippen molar-refractivity contribution in [3.05, 3.63) is 94.0 Å². The lowest BCUT2D eigenvalue weighted by atomic mass is 9.95. The van der Waals surface area contributed by atoms with E-state index in [0.717, 1.165) is 17.0 Å². The van der Waals surface area contributed by atoms with Gasteiger partial charge in [0.2, 0.25) is 0 Å². The van der Waals surface area contributed by atoms with E-state index < -0.39 is 35.1 Å². The van der Waals surface area contributed by atoms with Crippen molar-refractivity contribution < 1.29 is 33.3 Å². The first-order chi connectivity index (χ1) is 15.7. The molecule has 1 fully saturated rings. The normalized spacial score (nSPS) is 17.5. The van der Waals surface area contributed by atoms with E-state index >= 15 is 0 Å². The molecule has 0 bridgehead atoms. The van der Waals surface area contributed by atoms with Gasteiger partial charge in [-0.3, -0.25) is 14.5 Å². The lowest BCUT2D eigenvalue weighted by Crippen LogP contribution is -2.30. The van der Waals surface area contributed by atoms with Crippen molar-refractivity contribution in [2.45, 2.75) is 6.04 Å². The molecule has 1 heterocycles. The molecule has 2 N–H and O–H groups in total. The number of phenolic OH excluding ortho intramolecular Hbond substituents is 1. The number of aliphatic hydroxyl groups is 1. The van der Waals surface area contributed by atoms with E-state index in [1.807, 2.05) is 0 Å². The zero-order valence-electron chi connectivity index (χ0n) is 17.1. The number of nitrogens with zero attached hydrogens (tertiary/aromatic N) is 1. The van der Waals surface area contributed by atoms with Crippen molar-refractivity contribution in [3.63, 3.8) is 0 Å². The third-order valence-electron chi connectivity index (χ3n) is 5.25. The molecule has 0 spiro atoms. The van der Waals surface area contributed by atoms with Gasteiger partial charge in [-0.05, 0) is 48.0 Å². The first-order valence-corrected chi connectivity index (χ1v) is 9.99. The van der Waals surface area contributed by atoms with Crippen LogP contribution in [0.15, 0.2) is 66.2 Å². The number of carbonyl (C=O) groups excluding carboxylic acids is 2. The second kappa shape index (κ2) is 8.55. The standard InChI is InChI=1S/C24H16ClF2NO5/c1-33-19-10-13(4-8-16(19)25)22(30)20-21(12-2-6-15(29)7-3-12)28(24(32)23(20)31)18-9-5-14(26)11-17(18)27/h2-11,21,29-30H,1H3/b22-20+. The molecule has 168 valence electrons. The highest BCUT2D eigenvalue weighted by molar-refractivity contribution is 6.51. The van der Waals surface area contributed by atoms with E-state index in [1.165, 1.54) is 49.6 Å². The van der Waals surface area contributed by atoms with Gasteiger partial charge in [0.1, 0.15) is 28.9 Å². The van der Waals surface area contributed by atoms with Crippen LogP contribution in [0.2, 0.25) is 5.02 Å². The summed E-state index contributed by atoms with van der Waals surface area (Å²) in [5, 5.41) is 21.0. The minimum absolute atomic E-state index is 0.0777. The van der Waals surface area contributed by atoms with E-state index in [1.54, 1.807) is 0 Å². The Morgan fingerprint density at radius 3 is 2.36 bits per heavy atom. The Labute approximate surface area is 191 Å². The minimum Gasteiger partial charge on any atom is -0.508 e. The summed E-state index contributed by atoms with van der Waals surface area (Å²) >= 11 is 6.04. The zero-order valence-corrected chi connectivity index (χ0v) is 17.8. The van der Waals surface area contributed by atoms with Gasteiger partial charge in [-0.25, -0.2) is 8.78 Å². The SMILES string of the molecule is COc1cc(/C(O)=C2\C(=O)C(=O)N(c3ccc(F)cc3F)C2c2ccc(O)cc2)ccc1Cl. The van der Waals surface area contributed by atoms with Crippen LogP contribution in [0.4, 0.5) is 14.5 Å². The quantitative estimate of drug-likeness (QED) is 0.319. The average Bonchev–Trinajstić information content (AvgIpc) is 3.05. The number of amides is 1. The molecule has 33 heavy (non-hydrogen) atoms. The maximum absolute atomic E-state index is 14.7. The van der Waals surface area contributed by atoms with E-state index in [4.69, 9.17) is 16.3 Å². The predicted octanol–water partition coefficient (Wildman–Crippen LogP) is 4.96. The number of halogens is 3. The summed E-state index contributed by atoms with van der Waals surface area (Å²) in [4.78, 5) is 26.9. The third kappa shape index (κ3) is 3.89. The zero-order chi connectivity index (χ0) is 23.9. The molecule has 9 heteroatoms. The van der Waals surface area contributed by atoms with Crippen LogP contribution in [-0.2, 0) is 9.59 Å². The fraction of sp³-hybridized carbons (Fsp3) is 0.0833. The van der Waals surface area contributed by atoms with E-state index in [9.17, 15) is 28.6 Å². The van der Waals surface area contributed by atoms with Crippen LogP contribution < -0.4 is 9.64 Å². The van der Waals surface area contributed by atoms with Crippen molar-refractivity contribution in [1.29, 1.82) is 0 Å². The Morgan fingerprint density at radius 2 is 1.73 bits per heavy atom. The van der Waals surface area contributed by atoms with Gasteiger partial charge in [0.15, 0.2) is 0 Å². The van der Waals surface area contributed by atoms with Crippen molar-refractivity contribution in [2.24, 2.45) is 0 Å². The number of Topliss-reactive ketones (excluding diaryl/α,β-unsaturated/α-hetero) is 1. The fourth-order valence-electron chi connectivity index (χ4n) is 3.69. The number of ketones is 1. The molecule has 1 aliphatic heterocycles. The molecule has 3 aromatic rings. The highest BCUT2D eigenvalue weighted by Crippen LogP contribution is 2.43. The Kier molecular flexibility index (Phi) is 5.78. The van der Waals surface area contributed by atoms with Crippen LogP contribution in [0, 0.1) is 11.6 Å². The lowest BCUT2D eigenvalue weighted by molar-refractivity contribution is -0.132. The number of rotatable bonds is 4. The third-order valence-corrected chi connectivity index (χ3v) is 5.56. The first kappa shape index (κ1) is 22.3. The second-order valence-corrected chi connectivity index (χ2v) is 7.61. The van der Waals surface area contributed by atoms with Crippen molar-refractivity contribution in [1.82, 2.24) is 0 Å². The number of phenols is 1. The number of ether oxygens (including phenoxy) is 1. The number of aliphatic hydroxyl groups excluding tert-OH is 1. The van der Waals surface area contributed by atoms with Gasteiger partial charge in [-0.1, -0.05) is 23.7 Å². The van der Waals surface area contributed by atoms with Crippen LogP contribution >= 0.6 is 11.6 Å². The molecule has 0 saturated carbocycles. The summed E-state index contributed by atoms with van der Waals surface area (Å²) in [5.41, 5.74) is -0.223. The summed E-state index contributed by atoms with van der Waals surface area (Å²) in [5.74, 6) is -4.49. The van der Waals surface area contributed by atoms with E-state index in [0.29, 0.717) is 11.6 Å². The molecule has 3 aromatic carbocycles. The van der Waals surface area contributed by atoms with Gasteiger partial charge in [-0.2, -0.15) is 0 Å². The molecule has 1 aliphatic rings. The van der Waals surface area contributed by atoms with Crippen LogP contribution in [0.1, 0.15) is 17.2 Å². The predicted molar refractivity (Wildman–Crippen MR) is 117 cm³/mol. The van der Waals surface area contributed by atoms with Gasteiger partial charge >= 0.3 is 0 Å². The molecule has 1 amide bonds. The van der Waals surface area contributed by atoms with Gasteiger partial charge < -0.3 is 14.9 Å². The molecule has 0 aliphatic carbocycles. The first-order valence-electron chi connectivity index (χ1n) is 9.61. The molecule has 4 rings (SSSR count). The average molecular weight is 472 g/mol. The summed E-state index contributed by atoms with van der Waals surface area (Å²) in [7, 11) is 1.37. The summed E-state index contributed by atoms with van der Waals surface area (Å²) in [6.07, 6.45) is 0. The molecule has 6 nitrogen and oxygen atoms in total. The number of aromatic hydroxyl groups is 1. The highest BCUT2D eigenvalue weighted by atomic mass is 35.5. The number of benzene rings is 3. The Morgan fingerprint density at radius 1 is 1.03 bits per heavy atom. The van der Waals surface area contributed by atoms with Crippen molar-refractivity contribution in [3.8, 4) is 11.5 Å². The number of carbonyl (C=O) groups is 2. The smallest absolute Gasteiger partial charge is 0.300 e. The molecule has 0 aromatic heterocycles. The molecule has 1 saturated heterocycles. The topological polar surface area (TPSA) is 87.1 Å². The number of anilines is 1. The van der Waals surface area contributed by atoms with Crippen molar-refractivity contribution in [2.75, 3.05) is 12.0 Å². The maximum Gasteiger partial charge on any atom is 0.300 e. The van der Waals surface area contributed by atoms with Gasteiger partial charge in [0.25, 0.3) is 11.7 Å². The van der Waals surface area contributed by atoms with Gasteiger partial charge in [0.05, 0.1) is 29.4 Å². The second-order valence-electron chi connectivity index (χ2n) is 7.21. The Balaban J connectivity index is 1.97. The molecule has 1 atom stereocenters. The number of hydrogen-bond donors (Lipinski definition) is 2. The fourth-order valence-corrected chi connectivity index (χ4v) is 3.89. The van der Waals surface area contributed by atoms with Gasteiger partial charge in [0, 0.05) is 11.6 Å². The summed E-state index contributed by atoms with van der Waals surface area (Å²) in [6.45, 7) is 0. The summed E-state index contributed by atoms with van der Waals surface area (Å²) < 4.78 is 33.3.